The summed E-state index contributed by atoms with van der Waals surface area (Å²) in [5, 5.41) is 8.18. The molecule has 0 aliphatic rings. The normalized spacial score (nSPS) is 10.8. The molecule has 1 heterocycles. The third-order valence-corrected chi connectivity index (χ3v) is 4.36. The van der Waals surface area contributed by atoms with Crippen molar-refractivity contribution >= 4 is 24.0 Å². The van der Waals surface area contributed by atoms with Crippen molar-refractivity contribution in [1.29, 1.82) is 0 Å². The van der Waals surface area contributed by atoms with E-state index in [1.54, 1.807) is 6.07 Å². The predicted octanol–water partition coefficient (Wildman–Crippen LogP) is 4.83. The highest BCUT2D eigenvalue weighted by Crippen LogP contribution is 2.21. The zero-order chi connectivity index (χ0) is 17.5. The number of ether oxygens (including phenoxy) is 1. The minimum atomic E-state index is -0.319. The van der Waals surface area contributed by atoms with Gasteiger partial charge in [-0.15, -0.1) is 12.4 Å². The number of nitrogens with one attached hydrogen (secondary N) is 1. The van der Waals surface area contributed by atoms with Crippen LogP contribution in [0.4, 0.5) is 4.39 Å². The number of aromatic nitrogens is 2. The molecule has 0 saturated carbocycles. The number of hydrogen-bond donors (Lipinski definition) is 1. The molecule has 7 heteroatoms. The highest BCUT2D eigenvalue weighted by atomic mass is 35.5. The summed E-state index contributed by atoms with van der Waals surface area (Å²) in [6, 6.07) is 6.38. The van der Waals surface area contributed by atoms with Crippen molar-refractivity contribution in [3.05, 3.63) is 46.4 Å². The average Bonchev–Trinajstić information content (AvgIpc) is 2.95. The minimum absolute atomic E-state index is 0. The quantitative estimate of drug-likeness (QED) is 0.667. The summed E-state index contributed by atoms with van der Waals surface area (Å²) in [6.07, 6.45) is 2.17. The molecule has 2 rings (SSSR count). The Kier molecular flexibility index (Phi) is 9.25. The molecule has 1 N–H and O–H groups in total. The molecule has 0 fully saturated rings. The lowest BCUT2D eigenvalue weighted by Gasteiger charge is -2.15. The summed E-state index contributed by atoms with van der Waals surface area (Å²) in [5.41, 5.74) is 1.35. The Labute approximate surface area is 160 Å². The highest BCUT2D eigenvalue weighted by molar-refractivity contribution is 6.30. The molecule has 140 valence electrons. The summed E-state index contributed by atoms with van der Waals surface area (Å²) >= 11 is 5.93. The van der Waals surface area contributed by atoms with Crippen molar-refractivity contribution in [2.75, 3.05) is 7.05 Å². The molecule has 0 spiro atoms. The summed E-state index contributed by atoms with van der Waals surface area (Å²) in [5.74, 6) is 0.880. The molecular weight excluding hydrogens is 364 g/mol. The standard InChI is InChI=1S/C18H25ClFN3O.ClH/c1-4-13(5-2)11-23-18(9-16(22-23)10-21-3)24-12-14-8-15(19)6-7-17(14)20;/h6-9,13,21H,4-5,10-12H2,1-3H3;1H. The van der Waals surface area contributed by atoms with E-state index >= 15 is 0 Å². The van der Waals surface area contributed by atoms with Gasteiger partial charge in [-0.1, -0.05) is 38.3 Å². The summed E-state index contributed by atoms with van der Waals surface area (Å²) < 4.78 is 21.6. The molecule has 0 aliphatic heterocycles. The van der Waals surface area contributed by atoms with Crippen molar-refractivity contribution in [2.24, 2.45) is 5.92 Å². The van der Waals surface area contributed by atoms with Crippen LogP contribution in [-0.2, 0) is 19.7 Å². The Bertz CT molecular complexity index is 660. The molecule has 0 saturated heterocycles. The third-order valence-electron chi connectivity index (χ3n) is 4.12. The molecule has 0 amide bonds. The van der Waals surface area contributed by atoms with Gasteiger partial charge in [0.1, 0.15) is 12.4 Å². The van der Waals surface area contributed by atoms with Crippen LogP contribution in [0.3, 0.4) is 0 Å². The number of benzene rings is 1. The van der Waals surface area contributed by atoms with Crippen molar-refractivity contribution in [2.45, 2.75) is 46.4 Å². The van der Waals surface area contributed by atoms with E-state index in [4.69, 9.17) is 16.3 Å². The van der Waals surface area contributed by atoms with Crippen LogP contribution in [0.25, 0.3) is 0 Å². The first-order valence-corrected chi connectivity index (χ1v) is 8.73. The van der Waals surface area contributed by atoms with E-state index in [-0.39, 0.29) is 24.8 Å². The van der Waals surface area contributed by atoms with E-state index in [2.05, 4.69) is 24.3 Å². The van der Waals surface area contributed by atoms with Gasteiger partial charge in [0.15, 0.2) is 0 Å². The molecule has 0 bridgehead atoms. The number of halogens is 3. The molecule has 1 aromatic carbocycles. The maximum atomic E-state index is 13.8. The predicted molar refractivity (Wildman–Crippen MR) is 102 cm³/mol. The van der Waals surface area contributed by atoms with Gasteiger partial charge in [0.2, 0.25) is 5.88 Å². The van der Waals surface area contributed by atoms with E-state index in [0.29, 0.717) is 28.9 Å². The highest BCUT2D eigenvalue weighted by Gasteiger charge is 2.14. The van der Waals surface area contributed by atoms with Crippen LogP contribution in [0, 0.1) is 11.7 Å². The molecule has 0 aliphatic carbocycles. The Morgan fingerprint density at radius 2 is 2.00 bits per heavy atom. The summed E-state index contributed by atoms with van der Waals surface area (Å²) in [6.45, 7) is 5.93. The number of nitrogens with zero attached hydrogens (tertiary/aromatic N) is 2. The molecule has 0 unspecified atom stereocenters. The van der Waals surface area contributed by atoms with Crippen LogP contribution in [0.15, 0.2) is 24.3 Å². The number of rotatable bonds is 9. The maximum absolute atomic E-state index is 13.8. The molecule has 0 atom stereocenters. The lowest BCUT2D eigenvalue weighted by atomic mass is 10.0. The van der Waals surface area contributed by atoms with Crippen LogP contribution in [0.1, 0.15) is 37.9 Å². The zero-order valence-corrected chi connectivity index (χ0v) is 16.5. The fourth-order valence-corrected chi connectivity index (χ4v) is 2.76. The minimum Gasteiger partial charge on any atom is -0.473 e. The van der Waals surface area contributed by atoms with E-state index < -0.39 is 0 Å². The molecule has 2 aromatic rings. The SMILES string of the molecule is CCC(CC)Cn1nc(CNC)cc1OCc1cc(Cl)ccc1F.Cl. The second-order valence-electron chi connectivity index (χ2n) is 5.89. The smallest absolute Gasteiger partial charge is 0.212 e. The van der Waals surface area contributed by atoms with Crippen molar-refractivity contribution in [3.63, 3.8) is 0 Å². The van der Waals surface area contributed by atoms with Gasteiger partial charge in [0.25, 0.3) is 0 Å². The lowest BCUT2D eigenvalue weighted by Crippen LogP contribution is -2.13. The van der Waals surface area contributed by atoms with Crippen LogP contribution in [0.5, 0.6) is 5.88 Å². The van der Waals surface area contributed by atoms with Crippen molar-refractivity contribution in [3.8, 4) is 5.88 Å². The van der Waals surface area contributed by atoms with Gasteiger partial charge >= 0.3 is 0 Å². The van der Waals surface area contributed by atoms with Crippen LogP contribution in [-0.4, -0.2) is 16.8 Å². The third kappa shape index (κ3) is 6.17. The molecular formula is C18H26Cl2FN3O. The average molecular weight is 390 g/mol. The van der Waals surface area contributed by atoms with Crippen LogP contribution >= 0.6 is 24.0 Å². The van der Waals surface area contributed by atoms with Crippen LogP contribution < -0.4 is 10.1 Å². The monoisotopic (exact) mass is 389 g/mol. The van der Waals surface area contributed by atoms with Crippen molar-refractivity contribution in [1.82, 2.24) is 15.1 Å². The van der Waals surface area contributed by atoms with E-state index in [9.17, 15) is 4.39 Å². The Balaban J connectivity index is 0.00000312. The lowest BCUT2D eigenvalue weighted by molar-refractivity contribution is 0.255. The Morgan fingerprint density at radius 1 is 1.28 bits per heavy atom. The largest absolute Gasteiger partial charge is 0.473 e. The molecule has 0 radical (unpaired) electrons. The first-order valence-electron chi connectivity index (χ1n) is 8.35. The van der Waals surface area contributed by atoms with Crippen molar-refractivity contribution < 1.29 is 9.13 Å². The fraction of sp³-hybridized carbons (Fsp3) is 0.500. The topological polar surface area (TPSA) is 39.1 Å². The van der Waals surface area contributed by atoms with E-state index in [1.165, 1.54) is 12.1 Å². The van der Waals surface area contributed by atoms with Crippen LogP contribution in [0.2, 0.25) is 5.02 Å². The second-order valence-corrected chi connectivity index (χ2v) is 6.33. The van der Waals surface area contributed by atoms with Gasteiger partial charge in [-0.3, -0.25) is 0 Å². The molecule has 4 nitrogen and oxygen atoms in total. The van der Waals surface area contributed by atoms with Gasteiger partial charge in [-0.25, -0.2) is 9.07 Å². The summed E-state index contributed by atoms with van der Waals surface area (Å²) in [7, 11) is 1.88. The second kappa shape index (κ2) is 10.6. The van der Waals surface area contributed by atoms with Gasteiger partial charge in [-0.05, 0) is 31.2 Å². The fourth-order valence-electron chi connectivity index (χ4n) is 2.56. The number of hydrogen-bond acceptors (Lipinski definition) is 3. The van der Waals surface area contributed by atoms with Gasteiger partial charge < -0.3 is 10.1 Å². The molecule has 25 heavy (non-hydrogen) atoms. The maximum Gasteiger partial charge on any atom is 0.212 e. The zero-order valence-electron chi connectivity index (χ0n) is 14.9. The summed E-state index contributed by atoms with van der Waals surface area (Å²) in [4.78, 5) is 0. The Hall–Kier alpha value is -1.30. The molecule has 1 aromatic heterocycles. The van der Waals surface area contributed by atoms with Gasteiger partial charge in [-0.2, -0.15) is 5.10 Å². The Morgan fingerprint density at radius 3 is 2.64 bits per heavy atom. The van der Waals surface area contributed by atoms with E-state index in [1.807, 2.05) is 17.8 Å². The first kappa shape index (κ1) is 21.7. The first-order chi connectivity index (χ1) is 11.6. The van der Waals surface area contributed by atoms with E-state index in [0.717, 1.165) is 25.1 Å². The van der Waals surface area contributed by atoms with Gasteiger partial charge in [0, 0.05) is 29.7 Å². The van der Waals surface area contributed by atoms with Gasteiger partial charge in [0.05, 0.1) is 5.69 Å².